The van der Waals surface area contributed by atoms with Gasteiger partial charge in [0.05, 0.1) is 51.8 Å². The fourth-order valence-corrected chi connectivity index (χ4v) is 5.97. The van der Waals surface area contributed by atoms with Crippen molar-refractivity contribution in [1.29, 1.82) is 0 Å². The normalized spacial score (nSPS) is 10.6. The van der Waals surface area contributed by atoms with Gasteiger partial charge in [0.25, 0.3) is 0 Å². The predicted octanol–water partition coefficient (Wildman–Crippen LogP) is 5.47. The van der Waals surface area contributed by atoms with Crippen molar-refractivity contribution in [1.82, 2.24) is 0 Å². The highest BCUT2D eigenvalue weighted by Crippen LogP contribution is 2.22. The SMILES string of the molecule is COC(=O)c1ccc(OCCSSCCOCOCCSSCCOc2ccc(C(=O)OC)cc2)cc1. The van der Waals surface area contributed by atoms with E-state index >= 15 is 0 Å². The third-order valence-corrected chi connectivity index (χ3v) is 9.04. The highest BCUT2D eigenvalue weighted by atomic mass is 33.1. The first-order valence-corrected chi connectivity index (χ1v) is 16.4. The van der Waals surface area contributed by atoms with E-state index in [-0.39, 0.29) is 11.9 Å². The molecule has 0 saturated heterocycles. The van der Waals surface area contributed by atoms with Crippen LogP contribution in [0.15, 0.2) is 48.5 Å². The second kappa shape index (κ2) is 20.3. The Morgan fingerprint density at radius 1 is 0.568 bits per heavy atom. The molecule has 0 aliphatic carbocycles. The van der Waals surface area contributed by atoms with Gasteiger partial charge < -0.3 is 28.4 Å². The van der Waals surface area contributed by atoms with E-state index in [0.29, 0.717) is 44.3 Å². The van der Waals surface area contributed by atoms with Crippen molar-refractivity contribution in [2.75, 3.05) is 70.5 Å². The molecule has 0 aliphatic heterocycles. The van der Waals surface area contributed by atoms with E-state index in [1.54, 1.807) is 91.7 Å². The van der Waals surface area contributed by atoms with Crippen molar-refractivity contribution >= 4 is 55.1 Å². The second-order valence-electron chi connectivity index (χ2n) is 6.95. The zero-order valence-electron chi connectivity index (χ0n) is 20.9. The van der Waals surface area contributed by atoms with Crippen LogP contribution < -0.4 is 9.47 Å². The van der Waals surface area contributed by atoms with Crippen molar-refractivity contribution in [2.45, 2.75) is 0 Å². The van der Waals surface area contributed by atoms with E-state index in [1.165, 1.54) is 14.2 Å². The Morgan fingerprint density at radius 2 is 0.919 bits per heavy atom. The average Bonchev–Trinajstić information content (AvgIpc) is 2.94. The van der Waals surface area contributed by atoms with Gasteiger partial charge in [-0.05, 0) is 48.5 Å². The Morgan fingerprint density at radius 3 is 1.27 bits per heavy atom. The van der Waals surface area contributed by atoms with Crippen molar-refractivity contribution in [3.8, 4) is 11.5 Å². The fourth-order valence-electron chi connectivity index (χ4n) is 2.60. The molecule has 0 spiro atoms. The zero-order valence-corrected chi connectivity index (χ0v) is 24.1. The van der Waals surface area contributed by atoms with Gasteiger partial charge in [0.1, 0.15) is 18.3 Å². The van der Waals surface area contributed by atoms with Crippen LogP contribution in [0.2, 0.25) is 0 Å². The third kappa shape index (κ3) is 14.1. The summed E-state index contributed by atoms with van der Waals surface area (Å²) >= 11 is 0. The smallest absolute Gasteiger partial charge is 0.337 e. The Kier molecular flexibility index (Phi) is 17.3. The summed E-state index contributed by atoms with van der Waals surface area (Å²) in [6, 6.07) is 13.8. The first kappa shape index (κ1) is 31.5. The number of benzene rings is 2. The first-order valence-electron chi connectivity index (χ1n) is 11.4. The Balaban J connectivity index is 1.31. The molecule has 0 amide bonds. The van der Waals surface area contributed by atoms with Crippen LogP contribution in [0.3, 0.4) is 0 Å². The molecule has 12 heteroatoms. The minimum Gasteiger partial charge on any atom is -0.493 e. The molecule has 2 rings (SSSR count). The van der Waals surface area contributed by atoms with Gasteiger partial charge in [-0.15, -0.1) is 0 Å². The van der Waals surface area contributed by atoms with Gasteiger partial charge in [-0.1, -0.05) is 43.2 Å². The molecule has 8 nitrogen and oxygen atoms in total. The minimum atomic E-state index is -0.357. The number of hydrogen-bond donors (Lipinski definition) is 0. The fraction of sp³-hybridized carbons (Fsp3) is 0.440. The Bertz CT molecular complexity index is 823. The Hall–Kier alpha value is -1.70. The molecule has 0 unspecified atom stereocenters. The number of methoxy groups -OCH3 is 2. The van der Waals surface area contributed by atoms with Crippen LogP contribution in [-0.2, 0) is 18.9 Å². The van der Waals surface area contributed by atoms with Crippen LogP contribution in [0.1, 0.15) is 20.7 Å². The summed E-state index contributed by atoms with van der Waals surface area (Å²) < 4.78 is 31.6. The van der Waals surface area contributed by atoms with Crippen LogP contribution in [-0.4, -0.2) is 82.4 Å². The summed E-state index contributed by atoms with van der Waals surface area (Å²) in [4.78, 5) is 22.8. The number of esters is 2. The summed E-state index contributed by atoms with van der Waals surface area (Å²) in [6.45, 7) is 2.74. The lowest BCUT2D eigenvalue weighted by molar-refractivity contribution is -0.0425. The largest absolute Gasteiger partial charge is 0.493 e. The van der Waals surface area contributed by atoms with E-state index < -0.39 is 0 Å². The van der Waals surface area contributed by atoms with Gasteiger partial charge in [-0.3, -0.25) is 0 Å². The van der Waals surface area contributed by atoms with Gasteiger partial charge in [-0.2, -0.15) is 0 Å². The van der Waals surface area contributed by atoms with Crippen LogP contribution in [0.4, 0.5) is 0 Å². The molecule has 0 fully saturated rings. The molecule has 0 radical (unpaired) electrons. The summed E-state index contributed by atoms with van der Waals surface area (Å²) in [5.74, 6) is 4.19. The second-order valence-corrected chi connectivity index (χ2v) is 12.4. The lowest BCUT2D eigenvalue weighted by Gasteiger charge is -2.08. The minimum absolute atomic E-state index is 0.297. The van der Waals surface area contributed by atoms with Gasteiger partial charge >= 0.3 is 11.9 Å². The molecule has 0 atom stereocenters. The highest BCUT2D eigenvalue weighted by molar-refractivity contribution is 8.77. The molecule has 37 heavy (non-hydrogen) atoms. The van der Waals surface area contributed by atoms with Crippen LogP contribution in [0, 0.1) is 0 Å². The van der Waals surface area contributed by atoms with Crippen molar-refractivity contribution in [3.63, 3.8) is 0 Å². The van der Waals surface area contributed by atoms with Crippen LogP contribution in [0.25, 0.3) is 0 Å². The molecule has 2 aromatic rings. The quantitative estimate of drug-likeness (QED) is 0.0850. The van der Waals surface area contributed by atoms with Gasteiger partial charge in [0.2, 0.25) is 0 Å². The topological polar surface area (TPSA) is 89.5 Å². The summed E-state index contributed by atoms with van der Waals surface area (Å²) in [7, 11) is 9.64. The number of hydrogen-bond acceptors (Lipinski definition) is 12. The lowest BCUT2D eigenvalue weighted by atomic mass is 10.2. The summed E-state index contributed by atoms with van der Waals surface area (Å²) in [5.41, 5.74) is 1.01. The molecule has 204 valence electrons. The summed E-state index contributed by atoms with van der Waals surface area (Å²) in [6.07, 6.45) is 0. The van der Waals surface area contributed by atoms with Crippen LogP contribution >= 0.6 is 43.2 Å². The zero-order chi connectivity index (χ0) is 26.6. The molecular formula is C25H32O8S4. The monoisotopic (exact) mass is 588 g/mol. The van der Waals surface area contributed by atoms with Gasteiger partial charge in [0, 0.05) is 23.0 Å². The maximum absolute atomic E-state index is 11.4. The molecule has 0 aromatic heterocycles. The molecule has 0 bridgehead atoms. The van der Waals surface area contributed by atoms with E-state index in [9.17, 15) is 9.59 Å². The van der Waals surface area contributed by atoms with E-state index in [1.807, 2.05) is 0 Å². The van der Waals surface area contributed by atoms with Gasteiger partial charge in [0.15, 0.2) is 0 Å². The maximum atomic E-state index is 11.4. The van der Waals surface area contributed by atoms with Crippen molar-refractivity contribution in [3.05, 3.63) is 59.7 Å². The molecular weight excluding hydrogens is 557 g/mol. The van der Waals surface area contributed by atoms with Gasteiger partial charge in [-0.25, -0.2) is 9.59 Å². The average molecular weight is 589 g/mol. The summed E-state index contributed by atoms with van der Waals surface area (Å²) in [5, 5.41) is 0. The van der Waals surface area contributed by atoms with E-state index in [2.05, 4.69) is 9.47 Å². The number of rotatable bonds is 20. The number of ether oxygens (including phenoxy) is 6. The third-order valence-electron chi connectivity index (χ3n) is 4.38. The Labute approximate surface area is 234 Å². The lowest BCUT2D eigenvalue weighted by Crippen LogP contribution is -2.05. The molecule has 0 aliphatic rings. The first-order chi connectivity index (χ1) is 18.1. The van der Waals surface area contributed by atoms with E-state index in [4.69, 9.17) is 18.9 Å². The highest BCUT2D eigenvalue weighted by Gasteiger charge is 2.05. The molecule has 0 N–H and O–H groups in total. The van der Waals surface area contributed by atoms with Crippen molar-refractivity contribution in [2.24, 2.45) is 0 Å². The van der Waals surface area contributed by atoms with E-state index in [0.717, 1.165) is 34.5 Å². The molecule has 0 heterocycles. The maximum Gasteiger partial charge on any atom is 0.337 e. The number of carbonyl (C=O) groups is 2. The standard InChI is InChI=1S/C25H32O8S4/c1-28-24(26)20-3-7-22(8-4-20)32-13-17-36-34-15-11-30-19-31-12-16-35-37-18-14-33-23-9-5-21(6-10-23)25(27)29-2/h3-10H,11-19H2,1-2H3. The van der Waals surface area contributed by atoms with Crippen molar-refractivity contribution < 1.29 is 38.0 Å². The number of carbonyl (C=O) groups excluding carboxylic acids is 2. The molecule has 0 saturated carbocycles. The van der Waals surface area contributed by atoms with Crippen LogP contribution in [0.5, 0.6) is 11.5 Å². The predicted molar refractivity (Wildman–Crippen MR) is 153 cm³/mol. The molecule has 2 aromatic carbocycles.